The van der Waals surface area contributed by atoms with Crippen molar-refractivity contribution in [1.29, 1.82) is 0 Å². The molecule has 63 heavy (non-hydrogen) atoms. The van der Waals surface area contributed by atoms with E-state index >= 15 is 0 Å². The fraction of sp³-hybridized carbons (Fsp3) is 1.00. The highest BCUT2D eigenvalue weighted by Crippen LogP contribution is 2.25. The highest BCUT2D eigenvalue weighted by atomic mass is 14.2. The predicted octanol–water partition coefficient (Wildman–Crippen LogP) is 25.1. The standard InChI is InChI=1S/9C7H16/c1-6(2)7(3,4)5;1-5-6-7(2,3)4;2*1-5-7(3,4)6-2;2*1-5-7(4)6(2)3;2*1-4-6-7(3)5-2;1-4-7(5-2)6-3/h6H,1-5H3;3*5-6H2,1-4H3;2*6-7H,5H2,1-4H3;3*7H,4-6H2,1-3H3. The third-order valence-electron chi connectivity index (χ3n) is 14.8. The van der Waals surface area contributed by atoms with Gasteiger partial charge in [-0.25, -0.2) is 0 Å². The van der Waals surface area contributed by atoms with Crippen LogP contribution in [0, 0.1) is 69.0 Å². The molecule has 0 saturated carbocycles. The molecule has 0 N–H and O–H groups in total. The molecule has 0 rings (SSSR count). The minimum absolute atomic E-state index is 0.500. The van der Waals surface area contributed by atoms with E-state index in [2.05, 4.69) is 235 Å². The molecule has 0 spiro atoms. The summed E-state index contributed by atoms with van der Waals surface area (Å²) in [6, 6.07) is 0. The van der Waals surface area contributed by atoms with E-state index in [4.69, 9.17) is 0 Å². The van der Waals surface area contributed by atoms with Crippen LogP contribution in [0.5, 0.6) is 0 Å². The van der Waals surface area contributed by atoms with Crippen molar-refractivity contribution in [3.8, 4) is 0 Å². The molecule has 0 aromatic rings. The lowest BCUT2D eigenvalue weighted by molar-refractivity contribution is 0.283. The van der Waals surface area contributed by atoms with Crippen molar-refractivity contribution in [1.82, 2.24) is 0 Å². The van der Waals surface area contributed by atoms with Gasteiger partial charge in [0.05, 0.1) is 0 Å². The first kappa shape index (κ1) is 83.0. The van der Waals surface area contributed by atoms with Crippen LogP contribution in [0.15, 0.2) is 0 Å². The second kappa shape index (κ2) is 54.6. The van der Waals surface area contributed by atoms with Crippen molar-refractivity contribution >= 4 is 0 Å². The Morgan fingerprint density at radius 1 is 0.317 bits per heavy atom. The Kier molecular flexibility index (Phi) is 72.0. The molecule has 396 valence electrons. The molecule has 0 bridgehead atoms. The van der Waals surface area contributed by atoms with Gasteiger partial charge >= 0.3 is 0 Å². The molecule has 4 atom stereocenters. The normalized spacial score (nSPS) is 13.0. The second-order valence-electron chi connectivity index (χ2n) is 24.5. The highest BCUT2D eigenvalue weighted by Gasteiger charge is 2.14. The van der Waals surface area contributed by atoms with Crippen molar-refractivity contribution < 1.29 is 0 Å². The van der Waals surface area contributed by atoms with Gasteiger partial charge in [0.2, 0.25) is 0 Å². The first-order chi connectivity index (χ1) is 28.6. The number of hydrogen-bond acceptors (Lipinski definition) is 0. The Hall–Kier alpha value is 0. The van der Waals surface area contributed by atoms with Crippen LogP contribution in [0.2, 0.25) is 0 Å². The van der Waals surface area contributed by atoms with Gasteiger partial charge in [0.15, 0.2) is 0 Å². The van der Waals surface area contributed by atoms with E-state index < -0.39 is 0 Å². The lowest BCUT2D eigenvalue weighted by atomic mass is 9.84. The summed E-state index contributed by atoms with van der Waals surface area (Å²) in [6.07, 6.45) is 22.7. The molecular weight excluding hydrogens is 757 g/mol. The van der Waals surface area contributed by atoms with Crippen LogP contribution in [-0.4, -0.2) is 0 Å². The molecule has 0 fully saturated rings. The van der Waals surface area contributed by atoms with Crippen molar-refractivity contribution in [3.05, 3.63) is 0 Å². The van der Waals surface area contributed by atoms with Crippen molar-refractivity contribution in [2.45, 2.75) is 345 Å². The molecule has 0 amide bonds. The smallest absolute Gasteiger partial charge is 0.0359 e. The van der Waals surface area contributed by atoms with Gasteiger partial charge in [-0.15, -0.1) is 0 Å². The van der Waals surface area contributed by atoms with Gasteiger partial charge < -0.3 is 0 Å². The molecule has 0 aromatic carbocycles. The summed E-state index contributed by atoms with van der Waals surface area (Å²) in [5.74, 6) is 7.22. The summed E-state index contributed by atoms with van der Waals surface area (Å²) in [7, 11) is 0. The van der Waals surface area contributed by atoms with E-state index in [1.165, 1.54) is 109 Å². The van der Waals surface area contributed by atoms with Gasteiger partial charge in [0.1, 0.15) is 0 Å². The maximum absolute atomic E-state index is 2.31. The van der Waals surface area contributed by atoms with E-state index in [9.17, 15) is 0 Å². The topological polar surface area (TPSA) is 0 Å². The molecule has 4 unspecified atom stereocenters. The van der Waals surface area contributed by atoms with Gasteiger partial charge in [0.25, 0.3) is 0 Å². The molecule has 0 saturated heterocycles. The number of hydrogen-bond donors (Lipinski definition) is 0. The lowest BCUT2D eigenvalue weighted by Crippen LogP contribution is -2.12. The van der Waals surface area contributed by atoms with Gasteiger partial charge in [-0.2, -0.15) is 0 Å². The van der Waals surface area contributed by atoms with E-state index in [1.807, 2.05) is 0 Å². The van der Waals surface area contributed by atoms with E-state index in [1.54, 1.807) is 0 Å². The minimum Gasteiger partial charge on any atom is -0.0654 e. The molecule has 0 aliphatic heterocycles. The van der Waals surface area contributed by atoms with Crippen molar-refractivity contribution in [3.63, 3.8) is 0 Å². The quantitative estimate of drug-likeness (QED) is 0.129. The minimum atomic E-state index is 0.500. The van der Waals surface area contributed by atoms with Crippen molar-refractivity contribution in [2.24, 2.45) is 69.0 Å². The highest BCUT2D eigenvalue weighted by molar-refractivity contribution is 4.64. The predicted molar refractivity (Wildman–Crippen MR) is 309 cm³/mol. The lowest BCUT2D eigenvalue weighted by Gasteiger charge is -2.22. The molecule has 0 heterocycles. The largest absolute Gasteiger partial charge is 0.0654 e. The third kappa shape index (κ3) is 89.3. The molecule has 0 aromatic heterocycles. The summed E-state index contributed by atoms with van der Waals surface area (Å²) >= 11 is 0. The summed E-state index contributed by atoms with van der Waals surface area (Å²) in [4.78, 5) is 0. The van der Waals surface area contributed by atoms with Gasteiger partial charge in [-0.1, -0.05) is 338 Å². The average Bonchev–Trinajstić information content (AvgIpc) is 3.21. The zero-order chi connectivity index (χ0) is 52.6. The van der Waals surface area contributed by atoms with Crippen molar-refractivity contribution in [2.75, 3.05) is 0 Å². The Bertz CT molecular complexity index is 677. The summed E-state index contributed by atoms with van der Waals surface area (Å²) in [5.41, 5.74) is 2.22. The first-order valence-electron chi connectivity index (χ1n) is 28.6. The van der Waals surface area contributed by atoms with Gasteiger partial charge in [-0.3, -0.25) is 0 Å². The first-order valence-corrected chi connectivity index (χ1v) is 28.6. The van der Waals surface area contributed by atoms with E-state index in [0.29, 0.717) is 21.7 Å². The van der Waals surface area contributed by atoms with Crippen LogP contribution < -0.4 is 0 Å². The van der Waals surface area contributed by atoms with Crippen LogP contribution in [-0.2, 0) is 0 Å². The van der Waals surface area contributed by atoms with E-state index in [0.717, 1.165) is 47.3 Å². The zero-order valence-electron chi connectivity index (χ0n) is 52.6. The van der Waals surface area contributed by atoms with Crippen LogP contribution >= 0.6 is 0 Å². The molecule has 0 aliphatic carbocycles. The van der Waals surface area contributed by atoms with Crippen LogP contribution in [0.25, 0.3) is 0 Å². The molecule has 0 heteroatoms. The Balaban J connectivity index is -0.0000000744. The SMILES string of the molecule is CC(C)C(C)(C)C.CCC(C)(C)CC.CCC(C)(C)CC.CCC(C)C(C)C.CCC(C)C(C)C.CCC(CC)CC.CCCC(C)(C)C.CCCC(C)CC.CCCC(C)CC. The summed E-state index contributed by atoms with van der Waals surface area (Å²) in [6.45, 7) is 77.0. The maximum Gasteiger partial charge on any atom is -0.0359 e. The molecular formula is C63H144. The number of rotatable bonds is 18. The second-order valence-corrected chi connectivity index (χ2v) is 24.5. The maximum atomic E-state index is 2.31. The Labute approximate surface area is 411 Å². The van der Waals surface area contributed by atoms with Gasteiger partial charge in [-0.05, 0) is 75.4 Å². The monoisotopic (exact) mass is 901 g/mol. The van der Waals surface area contributed by atoms with Gasteiger partial charge in [0, 0.05) is 0 Å². The summed E-state index contributed by atoms with van der Waals surface area (Å²) < 4.78 is 0. The third-order valence-corrected chi connectivity index (χ3v) is 14.8. The molecule has 0 nitrogen and oxygen atoms in total. The summed E-state index contributed by atoms with van der Waals surface area (Å²) in [5, 5.41) is 0. The fourth-order valence-electron chi connectivity index (χ4n) is 4.45. The average molecular weight is 902 g/mol. The van der Waals surface area contributed by atoms with Crippen LogP contribution in [0.4, 0.5) is 0 Å². The van der Waals surface area contributed by atoms with Crippen LogP contribution in [0.1, 0.15) is 345 Å². The zero-order valence-corrected chi connectivity index (χ0v) is 52.6. The molecule has 0 radical (unpaired) electrons. The van der Waals surface area contributed by atoms with Crippen LogP contribution in [0.3, 0.4) is 0 Å². The molecule has 0 aliphatic rings. The fourth-order valence-corrected chi connectivity index (χ4v) is 4.45. The van der Waals surface area contributed by atoms with E-state index in [-0.39, 0.29) is 0 Å². The Morgan fingerprint density at radius 3 is 0.571 bits per heavy atom. The Morgan fingerprint density at radius 2 is 0.556 bits per heavy atom.